The van der Waals surface area contributed by atoms with Gasteiger partial charge in [-0.25, -0.2) is 17.6 Å². The van der Waals surface area contributed by atoms with Crippen molar-refractivity contribution in [1.29, 1.82) is 0 Å². The fourth-order valence-electron chi connectivity index (χ4n) is 2.01. The first-order valence-corrected chi connectivity index (χ1v) is 9.24. The Balaban J connectivity index is 2.15. The van der Waals surface area contributed by atoms with E-state index in [1.54, 1.807) is 0 Å². The Hall–Kier alpha value is -3.20. The highest BCUT2D eigenvalue weighted by atomic mass is 32.2. The van der Waals surface area contributed by atoms with Crippen LogP contribution in [0.4, 0.5) is 10.1 Å². The van der Waals surface area contributed by atoms with Crippen LogP contribution in [-0.2, 0) is 19.6 Å². The van der Waals surface area contributed by atoms with Crippen LogP contribution in [0.2, 0.25) is 0 Å². The summed E-state index contributed by atoms with van der Waals surface area (Å²) in [5, 5.41) is 2.44. The van der Waals surface area contributed by atoms with Crippen molar-refractivity contribution in [3.05, 3.63) is 72.6 Å². The quantitative estimate of drug-likeness (QED) is 0.529. The summed E-state index contributed by atoms with van der Waals surface area (Å²) in [6.07, 6.45) is 1.47. The molecule has 0 heterocycles. The highest BCUT2D eigenvalue weighted by Gasteiger charge is 2.20. The average Bonchev–Trinajstić information content (AvgIpc) is 2.65. The van der Waals surface area contributed by atoms with Gasteiger partial charge in [0.25, 0.3) is 15.9 Å². The fourth-order valence-corrected chi connectivity index (χ4v) is 3.09. The average molecular weight is 392 g/mol. The second kappa shape index (κ2) is 8.95. The van der Waals surface area contributed by atoms with Crippen molar-refractivity contribution in [2.45, 2.75) is 4.90 Å². The monoisotopic (exact) mass is 392 g/mol. The number of rotatable bonds is 8. The lowest BCUT2D eigenvalue weighted by Gasteiger charge is -2.12. The van der Waals surface area contributed by atoms with E-state index in [-0.39, 0.29) is 22.7 Å². The first-order chi connectivity index (χ1) is 12.8. The van der Waals surface area contributed by atoms with Gasteiger partial charge in [0, 0.05) is 6.54 Å². The summed E-state index contributed by atoms with van der Waals surface area (Å²) >= 11 is 0. The molecule has 0 fully saturated rings. The first-order valence-electron chi connectivity index (χ1n) is 7.75. The zero-order valence-corrected chi connectivity index (χ0v) is 15.0. The number of nitrogens with one attached hydrogen (secondary N) is 2. The molecular formula is C18H17FN2O5S. The molecule has 0 saturated carbocycles. The van der Waals surface area contributed by atoms with E-state index in [9.17, 15) is 22.4 Å². The third kappa shape index (κ3) is 5.65. The van der Waals surface area contributed by atoms with E-state index in [0.29, 0.717) is 0 Å². The molecule has 0 aliphatic heterocycles. The highest BCUT2D eigenvalue weighted by Crippen LogP contribution is 2.21. The predicted octanol–water partition coefficient (Wildman–Crippen LogP) is 2.09. The third-order valence-corrected chi connectivity index (χ3v) is 4.67. The fraction of sp³-hybridized carbons (Fsp3) is 0.111. The normalized spacial score (nSPS) is 10.7. The molecule has 0 atom stereocenters. The molecular weight excluding hydrogens is 375 g/mol. The van der Waals surface area contributed by atoms with Gasteiger partial charge in [-0.2, -0.15) is 0 Å². The maximum Gasteiger partial charge on any atom is 0.340 e. The molecule has 0 aliphatic carbocycles. The van der Waals surface area contributed by atoms with E-state index in [4.69, 9.17) is 4.74 Å². The molecule has 1 amide bonds. The number of halogens is 1. The number of amides is 1. The zero-order chi connectivity index (χ0) is 19.9. The van der Waals surface area contributed by atoms with Crippen LogP contribution in [0.1, 0.15) is 10.4 Å². The van der Waals surface area contributed by atoms with Gasteiger partial charge in [0.05, 0.1) is 16.1 Å². The number of ether oxygens (including phenoxy) is 1. The van der Waals surface area contributed by atoms with Crippen LogP contribution >= 0.6 is 0 Å². The smallest absolute Gasteiger partial charge is 0.340 e. The van der Waals surface area contributed by atoms with Gasteiger partial charge in [0.2, 0.25) is 0 Å². The molecule has 0 unspecified atom stereocenters. The van der Waals surface area contributed by atoms with Gasteiger partial charge in [0.15, 0.2) is 6.61 Å². The molecule has 2 rings (SSSR count). The highest BCUT2D eigenvalue weighted by molar-refractivity contribution is 7.92. The van der Waals surface area contributed by atoms with Crippen molar-refractivity contribution in [3.8, 4) is 0 Å². The summed E-state index contributed by atoms with van der Waals surface area (Å²) in [6, 6.07) is 9.99. The molecule has 0 aliphatic rings. The van der Waals surface area contributed by atoms with Crippen LogP contribution in [0.15, 0.2) is 66.1 Å². The first kappa shape index (κ1) is 20.1. The Morgan fingerprint density at radius 3 is 2.44 bits per heavy atom. The Bertz CT molecular complexity index is 942. The van der Waals surface area contributed by atoms with Crippen LogP contribution in [0.5, 0.6) is 0 Å². The van der Waals surface area contributed by atoms with Crippen molar-refractivity contribution in [2.75, 3.05) is 17.9 Å². The maximum absolute atomic E-state index is 13.0. The topological polar surface area (TPSA) is 102 Å². The molecule has 0 spiro atoms. The van der Waals surface area contributed by atoms with Crippen molar-refractivity contribution in [1.82, 2.24) is 5.32 Å². The van der Waals surface area contributed by atoms with Crippen LogP contribution in [0, 0.1) is 5.82 Å². The molecule has 2 aromatic carbocycles. The van der Waals surface area contributed by atoms with Crippen molar-refractivity contribution < 1.29 is 27.1 Å². The van der Waals surface area contributed by atoms with E-state index < -0.39 is 34.3 Å². The number of benzene rings is 2. The molecule has 0 radical (unpaired) electrons. The van der Waals surface area contributed by atoms with Gasteiger partial charge < -0.3 is 10.1 Å². The summed E-state index contributed by atoms with van der Waals surface area (Å²) in [5.74, 6) is -1.97. The molecule has 0 bridgehead atoms. The second-order valence-electron chi connectivity index (χ2n) is 5.27. The van der Waals surface area contributed by atoms with E-state index in [2.05, 4.69) is 16.6 Å². The lowest BCUT2D eigenvalue weighted by molar-refractivity contribution is -0.124. The number of para-hydroxylation sites is 1. The SMILES string of the molecule is C=CCNC(=O)COC(=O)c1ccccc1NS(=O)(=O)c1ccc(F)cc1. The lowest BCUT2D eigenvalue weighted by atomic mass is 10.2. The minimum Gasteiger partial charge on any atom is -0.452 e. The maximum atomic E-state index is 13.0. The van der Waals surface area contributed by atoms with Crippen molar-refractivity contribution >= 4 is 27.6 Å². The molecule has 142 valence electrons. The number of hydrogen-bond donors (Lipinski definition) is 2. The molecule has 2 N–H and O–H groups in total. The van der Waals surface area contributed by atoms with Crippen molar-refractivity contribution in [3.63, 3.8) is 0 Å². The Labute approximate surface area is 155 Å². The summed E-state index contributed by atoms with van der Waals surface area (Å²) in [4.78, 5) is 23.5. The van der Waals surface area contributed by atoms with Gasteiger partial charge in [0.1, 0.15) is 5.82 Å². The number of carbonyl (C=O) groups excluding carboxylic acids is 2. The summed E-state index contributed by atoms with van der Waals surface area (Å²) < 4.78 is 45.0. The summed E-state index contributed by atoms with van der Waals surface area (Å²) in [7, 11) is -4.04. The molecule has 27 heavy (non-hydrogen) atoms. The van der Waals surface area contributed by atoms with Gasteiger partial charge in [-0.05, 0) is 36.4 Å². The van der Waals surface area contributed by atoms with Crippen molar-refractivity contribution in [2.24, 2.45) is 0 Å². The van der Waals surface area contributed by atoms with Gasteiger partial charge >= 0.3 is 5.97 Å². The number of sulfonamides is 1. The largest absolute Gasteiger partial charge is 0.452 e. The van der Waals surface area contributed by atoms with Gasteiger partial charge in [-0.15, -0.1) is 6.58 Å². The standard InChI is InChI=1S/C18H17FN2O5S/c1-2-11-20-17(22)12-26-18(23)15-5-3-4-6-16(15)21-27(24,25)14-9-7-13(19)8-10-14/h2-10,21H,1,11-12H2,(H,20,22). The Morgan fingerprint density at radius 2 is 1.78 bits per heavy atom. The predicted molar refractivity (Wildman–Crippen MR) is 97.1 cm³/mol. The molecule has 9 heteroatoms. The van der Waals surface area contributed by atoms with Gasteiger partial charge in [-0.3, -0.25) is 9.52 Å². The van der Waals surface area contributed by atoms with E-state index >= 15 is 0 Å². The Morgan fingerprint density at radius 1 is 1.11 bits per heavy atom. The van der Waals surface area contributed by atoms with Gasteiger partial charge in [-0.1, -0.05) is 18.2 Å². The van der Waals surface area contributed by atoms with Crippen LogP contribution in [-0.4, -0.2) is 33.4 Å². The van der Waals surface area contributed by atoms with E-state index in [1.807, 2.05) is 0 Å². The number of hydrogen-bond acceptors (Lipinski definition) is 5. The van der Waals surface area contributed by atoms with E-state index in [1.165, 1.54) is 30.3 Å². The lowest BCUT2D eigenvalue weighted by Crippen LogP contribution is -2.29. The third-order valence-electron chi connectivity index (χ3n) is 3.29. The second-order valence-corrected chi connectivity index (χ2v) is 6.96. The summed E-state index contributed by atoms with van der Waals surface area (Å²) in [6.45, 7) is 3.15. The molecule has 2 aromatic rings. The number of carbonyl (C=O) groups is 2. The van der Waals surface area contributed by atoms with E-state index in [0.717, 1.165) is 24.3 Å². The number of esters is 1. The number of anilines is 1. The van der Waals surface area contributed by atoms with Crippen LogP contribution < -0.4 is 10.0 Å². The summed E-state index contributed by atoms with van der Waals surface area (Å²) in [5.41, 5.74) is -0.0990. The molecule has 0 saturated heterocycles. The zero-order valence-electron chi connectivity index (χ0n) is 14.1. The Kier molecular flexibility index (Phi) is 6.67. The van der Waals surface area contributed by atoms with Crippen LogP contribution in [0.3, 0.4) is 0 Å². The minimum absolute atomic E-state index is 0.0293. The molecule has 7 nitrogen and oxygen atoms in total. The minimum atomic E-state index is -4.04. The molecule has 0 aromatic heterocycles. The van der Waals surface area contributed by atoms with Crippen LogP contribution in [0.25, 0.3) is 0 Å².